The molecule has 3 aromatic rings. The summed E-state index contributed by atoms with van der Waals surface area (Å²) in [6.07, 6.45) is 6.30. The number of pyridine rings is 3. The lowest BCUT2D eigenvalue weighted by Crippen LogP contribution is -2.61. The molecule has 4 fully saturated rings. The average Bonchev–Trinajstić information content (AvgIpc) is 2.99. The Bertz CT molecular complexity index is 1460. The smallest absolute Gasteiger partial charge is 0.263 e. The number of aryl methyl sites for hydroxylation is 1. The van der Waals surface area contributed by atoms with Crippen molar-refractivity contribution in [2.75, 3.05) is 31.7 Å². The number of hydrogen-bond acceptors (Lipinski definition) is 9. The highest BCUT2D eigenvalue weighted by molar-refractivity contribution is 5.94. The molecule has 3 aromatic heterocycles. The molecule has 41 heavy (non-hydrogen) atoms. The van der Waals surface area contributed by atoms with E-state index in [4.69, 9.17) is 18.9 Å². The highest BCUT2D eigenvalue weighted by atomic mass is 19.1. The van der Waals surface area contributed by atoms with E-state index in [0.29, 0.717) is 72.6 Å². The molecule has 11 heteroatoms. The van der Waals surface area contributed by atoms with Crippen LogP contribution in [0.25, 0.3) is 11.0 Å². The maximum Gasteiger partial charge on any atom is 0.263 e. The van der Waals surface area contributed by atoms with Crippen molar-refractivity contribution >= 4 is 22.8 Å². The van der Waals surface area contributed by atoms with Gasteiger partial charge in [-0.25, -0.2) is 14.4 Å². The molecule has 1 saturated carbocycles. The van der Waals surface area contributed by atoms with Gasteiger partial charge in [-0.2, -0.15) is 0 Å². The minimum absolute atomic E-state index is 0.0140. The van der Waals surface area contributed by atoms with Crippen LogP contribution in [0.3, 0.4) is 0 Å². The Hall–Kier alpha value is -3.41. The van der Waals surface area contributed by atoms with Gasteiger partial charge >= 0.3 is 0 Å². The zero-order chi connectivity index (χ0) is 28.0. The second-order valence-electron chi connectivity index (χ2n) is 11.9. The fourth-order valence-electron chi connectivity index (χ4n) is 6.25. The molecular weight excluding hydrogens is 529 g/mol. The van der Waals surface area contributed by atoms with Crippen LogP contribution < -0.4 is 20.1 Å². The maximum atomic E-state index is 15.1. The van der Waals surface area contributed by atoms with E-state index in [0.717, 1.165) is 38.0 Å². The van der Waals surface area contributed by atoms with Crippen LogP contribution in [0, 0.1) is 11.7 Å². The van der Waals surface area contributed by atoms with Gasteiger partial charge in [-0.15, -0.1) is 0 Å². The Kier molecular flexibility index (Phi) is 6.75. The zero-order valence-corrected chi connectivity index (χ0v) is 23.1. The number of fused-ring (bicyclic) bond motifs is 5. The fraction of sp³-hybridized carbons (Fsp3) is 0.533. The van der Waals surface area contributed by atoms with E-state index in [9.17, 15) is 4.79 Å². The van der Waals surface area contributed by atoms with Crippen LogP contribution in [-0.4, -0.2) is 64.5 Å². The molecule has 8 rings (SSSR count). The number of amides is 1. The quantitative estimate of drug-likeness (QED) is 0.402. The largest absolute Gasteiger partial charge is 0.480 e. The summed E-state index contributed by atoms with van der Waals surface area (Å²) in [5.41, 5.74) is 2.19. The van der Waals surface area contributed by atoms with Gasteiger partial charge in [0.25, 0.3) is 5.91 Å². The molecule has 3 saturated heterocycles. The summed E-state index contributed by atoms with van der Waals surface area (Å²) >= 11 is 0. The number of carbonyl (C=O) groups is 1. The molecule has 2 N–H and O–H groups in total. The van der Waals surface area contributed by atoms with Gasteiger partial charge in [-0.3, -0.25) is 9.78 Å². The first kappa shape index (κ1) is 26.5. The van der Waals surface area contributed by atoms with Crippen LogP contribution in [0.5, 0.6) is 11.6 Å². The van der Waals surface area contributed by atoms with Crippen LogP contribution in [0.4, 0.5) is 10.2 Å². The summed E-state index contributed by atoms with van der Waals surface area (Å²) in [6, 6.07) is 7.37. The zero-order valence-electron chi connectivity index (χ0n) is 23.1. The van der Waals surface area contributed by atoms with E-state index in [1.54, 1.807) is 6.07 Å². The van der Waals surface area contributed by atoms with E-state index in [1.807, 2.05) is 18.2 Å². The Morgan fingerprint density at radius 1 is 1.17 bits per heavy atom. The van der Waals surface area contributed by atoms with Gasteiger partial charge in [0.05, 0.1) is 47.8 Å². The Morgan fingerprint density at radius 3 is 2.80 bits per heavy atom. The summed E-state index contributed by atoms with van der Waals surface area (Å²) in [6.45, 7) is 4.48. The first-order chi connectivity index (χ1) is 19.9. The first-order valence-corrected chi connectivity index (χ1v) is 14.4. The van der Waals surface area contributed by atoms with E-state index in [1.165, 1.54) is 6.20 Å². The summed E-state index contributed by atoms with van der Waals surface area (Å²) < 4.78 is 38.4. The summed E-state index contributed by atoms with van der Waals surface area (Å²) in [5, 5.41) is 6.44. The predicted octanol–water partition coefficient (Wildman–Crippen LogP) is 3.71. The van der Waals surface area contributed by atoms with Crippen LogP contribution >= 0.6 is 0 Å². The number of anilines is 1. The molecule has 0 spiro atoms. The Balaban J connectivity index is 0.982. The summed E-state index contributed by atoms with van der Waals surface area (Å²) in [7, 11) is 0. The molecule has 0 unspecified atom stereocenters. The van der Waals surface area contributed by atoms with Crippen molar-refractivity contribution in [2.45, 2.75) is 69.2 Å². The molecule has 10 nitrogen and oxygen atoms in total. The fourth-order valence-corrected chi connectivity index (χ4v) is 6.25. The Labute approximate surface area is 237 Å². The predicted molar refractivity (Wildman–Crippen MR) is 147 cm³/mol. The molecule has 5 aliphatic rings. The van der Waals surface area contributed by atoms with Crippen LogP contribution in [0.1, 0.15) is 50.3 Å². The SMILES string of the molecule is C[C@H]1CO[C@H]1COc1ccc2ncc(F)c(CCC34CCC(NCc5ccc6c(n5)NC(=O)CO6)(CC3)CO4)c2n1. The normalized spacial score (nSPS) is 28.5. The highest BCUT2D eigenvalue weighted by Crippen LogP contribution is 2.46. The molecule has 216 valence electrons. The van der Waals surface area contributed by atoms with Crippen LogP contribution in [0.2, 0.25) is 0 Å². The van der Waals surface area contributed by atoms with Gasteiger partial charge < -0.3 is 29.6 Å². The van der Waals surface area contributed by atoms with Gasteiger partial charge in [0.15, 0.2) is 18.2 Å². The van der Waals surface area contributed by atoms with Gasteiger partial charge in [-0.05, 0) is 56.7 Å². The number of nitrogens with one attached hydrogen (secondary N) is 2. The van der Waals surface area contributed by atoms with Crippen LogP contribution in [0.15, 0.2) is 30.5 Å². The number of carbonyl (C=O) groups excluding carboxylic acids is 1. The maximum absolute atomic E-state index is 15.1. The Morgan fingerprint density at radius 2 is 2.05 bits per heavy atom. The average molecular weight is 564 g/mol. The van der Waals surface area contributed by atoms with Crippen molar-refractivity contribution < 1.29 is 28.1 Å². The number of ether oxygens (including phenoxy) is 4. The topological polar surface area (TPSA) is 117 Å². The first-order valence-electron chi connectivity index (χ1n) is 14.4. The highest BCUT2D eigenvalue weighted by Gasteiger charge is 2.49. The van der Waals surface area contributed by atoms with Gasteiger partial charge in [0, 0.05) is 29.6 Å². The minimum atomic E-state index is -0.351. The number of hydrogen-bond donors (Lipinski definition) is 2. The van der Waals surface area contributed by atoms with E-state index >= 15 is 4.39 Å². The van der Waals surface area contributed by atoms with Crippen molar-refractivity contribution in [3.05, 3.63) is 47.5 Å². The monoisotopic (exact) mass is 563 g/mol. The molecule has 1 amide bonds. The van der Waals surface area contributed by atoms with Crippen molar-refractivity contribution in [1.29, 1.82) is 0 Å². The molecule has 7 heterocycles. The van der Waals surface area contributed by atoms with Gasteiger partial charge in [-0.1, -0.05) is 6.92 Å². The lowest BCUT2D eigenvalue weighted by atomic mass is 9.69. The minimum Gasteiger partial charge on any atom is -0.480 e. The van der Waals surface area contributed by atoms with Crippen molar-refractivity contribution in [2.24, 2.45) is 5.92 Å². The molecule has 0 aromatic carbocycles. The van der Waals surface area contributed by atoms with E-state index in [2.05, 4.69) is 32.5 Å². The number of halogens is 1. The third kappa shape index (κ3) is 5.22. The van der Waals surface area contributed by atoms with E-state index < -0.39 is 0 Å². The number of nitrogens with zero attached hydrogens (tertiary/aromatic N) is 3. The van der Waals surface area contributed by atoms with Crippen LogP contribution in [-0.2, 0) is 27.2 Å². The molecule has 0 radical (unpaired) electrons. The molecular formula is C30H34FN5O5. The molecule has 2 atom stereocenters. The molecule has 2 bridgehead atoms. The second kappa shape index (κ2) is 10.5. The van der Waals surface area contributed by atoms with Gasteiger partial charge in [0.1, 0.15) is 12.4 Å². The van der Waals surface area contributed by atoms with Gasteiger partial charge in [0.2, 0.25) is 5.88 Å². The van der Waals surface area contributed by atoms with Crippen molar-refractivity contribution in [1.82, 2.24) is 20.3 Å². The third-order valence-corrected chi connectivity index (χ3v) is 9.12. The second-order valence-corrected chi connectivity index (χ2v) is 11.9. The lowest BCUT2D eigenvalue weighted by Gasteiger charge is -2.53. The standard InChI is InChI=1S/C30H34FN5O5/c1-18-14-38-24(18)15-40-26-5-3-22-27(36-26)20(21(31)13-32-22)6-7-30-10-8-29(9-11-30,17-41-30)33-12-19-2-4-23-28(34-19)35-25(37)16-39-23/h2-5,13,18,24,33H,6-12,14-17H2,1H3,(H,34,35,37)/t18-,24-,29?,30?/m0/s1. The summed E-state index contributed by atoms with van der Waals surface area (Å²) in [4.78, 5) is 25.1. The molecule has 1 aliphatic carbocycles. The van der Waals surface area contributed by atoms with E-state index in [-0.39, 0.29) is 35.6 Å². The van der Waals surface area contributed by atoms with Crippen molar-refractivity contribution in [3.8, 4) is 11.6 Å². The number of aromatic nitrogens is 3. The molecule has 4 aliphatic heterocycles. The van der Waals surface area contributed by atoms with Crippen molar-refractivity contribution in [3.63, 3.8) is 0 Å². The third-order valence-electron chi connectivity index (χ3n) is 9.12. The number of rotatable bonds is 9. The lowest BCUT2D eigenvalue weighted by molar-refractivity contribution is -0.165. The summed E-state index contributed by atoms with van der Waals surface area (Å²) in [5.74, 6) is 1.42.